The number of nitrogens with one attached hydrogen (secondary N) is 1. The van der Waals surface area contributed by atoms with Crippen molar-refractivity contribution in [2.24, 2.45) is 0 Å². The summed E-state index contributed by atoms with van der Waals surface area (Å²) in [6.45, 7) is 1.56. The number of aliphatic hydroxyl groups is 1. The number of carbonyl (C=O) groups excluding carboxylic acids is 1. The maximum absolute atomic E-state index is 13.3. The molecule has 0 heterocycles. The zero-order valence-electron chi connectivity index (χ0n) is 11.8. The Balaban J connectivity index is 2.05. The van der Waals surface area contributed by atoms with Crippen molar-refractivity contribution in [1.29, 1.82) is 0 Å². The lowest BCUT2D eigenvalue weighted by atomic mass is 10.1. The number of rotatable bonds is 5. The molecule has 2 rings (SSSR count). The predicted molar refractivity (Wildman–Crippen MR) is 79.6 cm³/mol. The summed E-state index contributed by atoms with van der Waals surface area (Å²) in [6, 6.07) is 13.4. The second-order valence-corrected chi connectivity index (χ2v) is 5.06. The molecule has 0 saturated carbocycles. The Kier molecular flexibility index (Phi) is 5.06. The van der Waals surface area contributed by atoms with Crippen LogP contribution in [0.2, 0.25) is 0 Å². The van der Waals surface area contributed by atoms with Gasteiger partial charge in [-0.05, 0) is 42.7 Å². The van der Waals surface area contributed by atoms with Crippen LogP contribution in [0.3, 0.4) is 0 Å². The highest BCUT2D eigenvalue weighted by atomic mass is 19.1. The van der Waals surface area contributed by atoms with Crippen molar-refractivity contribution in [3.8, 4) is 0 Å². The van der Waals surface area contributed by atoms with Crippen LogP contribution in [0, 0.1) is 12.7 Å². The van der Waals surface area contributed by atoms with Crippen LogP contribution in [0.25, 0.3) is 0 Å². The molecule has 2 aromatic rings. The van der Waals surface area contributed by atoms with Crippen molar-refractivity contribution in [2.45, 2.75) is 19.4 Å². The first-order chi connectivity index (χ1) is 10.1. The molecule has 2 aromatic carbocycles. The van der Waals surface area contributed by atoms with E-state index in [0.717, 1.165) is 5.56 Å². The van der Waals surface area contributed by atoms with Crippen molar-refractivity contribution >= 4 is 5.91 Å². The van der Waals surface area contributed by atoms with Gasteiger partial charge in [0.2, 0.25) is 0 Å². The topological polar surface area (TPSA) is 49.3 Å². The van der Waals surface area contributed by atoms with Crippen LogP contribution in [-0.4, -0.2) is 23.7 Å². The lowest BCUT2D eigenvalue weighted by molar-refractivity contribution is 0.0916. The molecule has 2 N–H and O–H groups in total. The summed E-state index contributed by atoms with van der Waals surface area (Å²) < 4.78 is 13.3. The van der Waals surface area contributed by atoms with Gasteiger partial charge in [-0.1, -0.05) is 30.3 Å². The van der Waals surface area contributed by atoms with E-state index in [0.29, 0.717) is 12.0 Å². The third-order valence-electron chi connectivity index (χ3n) is 3.18. The highest BCUT2D eigenvalue weighted by Crippen LogP contribution is 2.09. The molecule has 0 aliphatic heterocycles. The van der Waals surface area contributed by atoms with E-state index in [1.807, 2.05) is 30.3 Å². The van der Waals surface area contributed by atoms with Crippen LogP contribution >= 0.6 is 0 Å². The SMILES string of the molecule is Cc1cc(F)cc(C(=O)N[C@@H](CO)Cc2ccccc2)c1. The number of carbonyl (C=O) groups is 1. The summed E-state index contributed by atoms with van der Waals surface area (Å²) in [5.74, 6) is -0.823. The molecule has 3 nitrogen and oxygen atoms in total. The Bertz CT molecular complexity index is 593. The van der Waals surface area contributed by atoms with Crippen molar-refractivity contribution < 1.29 is 14.3 Å². The van der Waals surface area contributed by atoms with Crippen LogP contribution in [0.15, 0.2) is 48.5 Å². The Labute approximate surface area is 123 Å². The number of amides is 1. The first-order valence-corrected chi connectivity index (χ1v) is 6.81. The highest BCUT2D eigenvalue weighted by Gasteiger charge is 2.14. The van der Waals surface area contributed by atoms with Gasteiger partial charge in [0, 0.05) is 5.56 Å². The number of hydrogen-bond donors (Lipinski definition) is 2. The molecule has 21 heavy (non-hydrogen) atoms. The first kappa shape index (κ1) is 15.2. The second-order valence-electron chi connectivity index (χ2n) is 5.06. The van der Waals surface area contributed by atoms with Crippen molar-refractivity contribution in [2.75, 3.05) is 6.61 Å². The van der Waals surface area contributed by atoms with Crippen LogP contribution in [0.1, 0.15) is 21.5 Å². The lowest BCUT2D eigenvalue weighted by Gasteiger charge is -2.16. The molecule has 0 aromatic heterocycles. The van der Waals surface area contributed by atoms with Gasteiger partial charge in [-0.3, -0.25) is 4.79 Å². The van der Waals surface area contributed by atoms with E-state index in [4.69, 9.17) is 0 Å². The molecule has 110 valence electrons. The van der Waals surface area contributed by atoms with Gasteiger partial charge in [-0.15, -0.1) is 0 Å². The first-order valence-electron chi connectivity index (χ1n) is 6.81. The summed E-state index contributed by atoms with van der Waals surface area (Å²) in [6.07, 6.45) is 0.525. The van der Waals surface area contributed by atoms with Gasteiger partial charge in [-0.2, -0.15) is 0 Å². The summed E-state index contributed by atoms with van der Waals surface area (Å²) in [5.41, 5.74) is 1.97. The molecule has 0 aliphatic rings. The van der Waals surface area contributed by atoms with E-state index in [1.54, 1.807) is 13.0 Å². The van der Waals surface area contributed by atoms with E-state index >= 15 is 0 Å². The third-order valence-corrected chi connectivity index (χ3v) is 3.18. The third kappa shape index (κ3) is 4.39. The average molecular weight is 287 g/mol. The van der Waals surface area contributed by atoms with Crippen molar-refractivity contribution in [3.05, 3.63) is 71.0 Å². The summed E-state index contributed by atoms with van der Waals surface area (Å²) >= 11 is 0. The molecule has 0 aliphatic carbocycles. The molecule has 4 heteroatoms. The minimum absolute atomic E-state index is 0.172. The quantitative estimate of drug-likeness (QED) is 0.887. The molecule has 0 unspecified atom stereocenters. The monoisotopic (exact) mass is 287 g/mol. The van der Waals surface area contributed by atoms with Crippen molar-refractivity contribution in [1.82, 2.24) is 5.32 Å². The van der Waals surface area contributed by atoms with Gasteiger partial charge < -0.3 is 10.4 Å². The van der Waals surface area contributed by atoms with E-state index < -0.39 is 11.9 Å². The standard InChI is InChI=1S/C17H18FNO2/c1-12-7-14(10-15(18)8-12)17(21)19-16(11-20)9-13-5-3-2-4-6-13/h2-8,10,16,20H,9,11H2,1H3,(H,19,21)/t16-/m1/s1. The van der Waals surface area contributed by atoms with Gasteiger partial charge in [0.1, 0.15) is 5.82 Å². The number of hydrogen-bond acceptors (Lipinski definition) is 2. The Morgan fingerprint density at radius 2 is 1.95 bits per heavy atom. The van der Waals surface area contributed by atoms with Gasteiger partial charge in [0.25, 0.3) is 5.91 Å². The summed E-state index contributed by atoms with van der Waals surface area (Å²) in [4.78, 5) is 12.1. The van der Waals surface area contributed by atoms with Crippen LogP contribution in [-0.2, 0) is 6.42 Å². The highest BCUT2D eigenvalue weighted by molar-refractivity contribution is 5.94. The van der Waals surface area contributed by atoms with Gasteiger partial charge >= 0.3 is 0 Å². The molecule has 0 bridgehead atoms. The zero-order chi connectivity index (χ0) is 15.2. The minimum Gasteiger partial charge on any atom is -0.394 e. The van der Waals surface area contributed by atoms with E-state index in [-0.39, 0.29) is 18.1 Å². The predicted octanol–water partition coefficient (Wildman–Crippen LogP) is 2.47. The van der Waals surface area contributed by atoms with Crippen LogP contribution < -0.4 is 5.32 Å². The number of aryl methyl sites for hydroxylation is 1. The number of aliphatic hydroxyl groups excluding tert-OH is 1. The maximum Gasteiger partial charge on any atom is 0.251 e. The average Bonchev–Trinajstić information content (AvgIpc) is 2.46. The van der Waals surface area contributed by atoms with Gasteiger partial charge in [0.15, 0.2) is 0 Å². The van der Waals surface area contributed by atoms with Crippen molar-refractivity contribution in [3.63, 3.8) is 0 Å². The molecular weight excluding hydrogens is 269 g/mol. The number of benzene rings is 2. The normalized spacial score (nSPS) is 12.0. The molecule has 1 amide bonds. The summed E-state index contributed by atoms with van der Waals surface area (Å²) in [7, 11) is 0. The van der Waals surface area contributed by atoms with E-state index in [9.17, 15) is 14.3 Å². The fourth-order valence-electron chi connectivity index (χ4n) is 2.20. The smallest absolute Gasteiger partial charge is 0.251 e. The van der Waals surface area contributed by atoms with E-state index in [2.05, 4.69) is 5.32 Å². The maximum atomic E-state index is 13.3. The van der Waals surface area contributed by atoms with Gasteiger partial charge in [0.05, 0.1) is 12.6 Å². The zero-order valence-corrected chi connectivity index (χ0v) is 11.8. The van der Waals surface area contributed by atoms with Crippen LogP contribution in [0.4, 0.5) is 4.39 Å². The molecule has 0 fully saturated rings. The Morgan fingerprint density at radius 1 is 1.24 bits per heavy atom. The largest absolute Gasteiger partial charge is 0.394 e. The summed E-state index contributed by atoms with van der Waals surface area (Å²) in [5, 5.41) is 12.1. The molecular formula is C17H18FNO2. The Morgan fingerprint density at radius 3 is 2.57 bits per heavy atom. The van der Waals surface area contributed by atoms with Gasteiger partial charge in [-0.25, -0.2) is 4.39 Å². The molecule has 0 radical (unpaired) electrons. The lowest BCUT2D eigenvalue weighted by Crippen LogP contribution is -2.39. The molecule has 0 spiro atoms. The Hall–Kier alpha value is -2.20. The fraction of sp³-hybridized carbons (Fsp3) is 0.235. The number of halogens is 1. The van der Waals surface area contributed by atoms with E-state index in [1.165, 1.54) is 12.1 Å². The molecule has 1 atom stereocenters. The second kappa shape index (κ2) is 6.99. The van der Waals surface area contributed by atoms with Crippen LogP contribution in [0.5, 0.6) is 0 Å². The fourth-order valence-corrected chi connectivity index (χ4v) is 2.20. The minimum atomic E-state index is -0.441. The molecule has 0 saturated heterocycles.